The molecule has 1 N–H and O–H groups in total. The highest BCUT2D eigenvalue weighted by Crippen LogP contribution is 2.24. The fourth-order valence-corrected chi connectivity index (χ4v) is 3.48. The molecule has 3 heteroatoms. The number of rotatable bonds is 5. The maximum Gasteiger partial charge on any atom is 0.251 e. The van der Waals surface area contributed by atoms with Crippen molar-refractivity contribution in [1.29, 1.82) is 0 Å². The van der Waals surface area contributed by atoms with Crippen LogP contribution in [0.4, 0.5) is 0 Å². The second-order valence-corrected chi connectivity index (χ2v) is 12.5. The topological polar surface area (TPSA) is 29.1 Å². The summed E-state index contributed by atoms with van der Waals surface area (Å²) in [5, 5.41) is 2.77. The molecule has 116 valence electrons. The van der Waals surface area contributed by atoms with Gasteiger partial charge < -0.3 is 5.32 Å². The lowest BCUT2D eigenvalue weighted by atomic mass is 9.97. The van der Waals surface area contributed by atoms with Gasteiger partial charge in [0.05, 0.1) is 0 Å². The Morgan fingerprint density at radius 1 is 1.00 bits per heavy atom. The van der Waals surface area contributed by atoms with Crippen LogP contribution < -0.4 is 5.32 Å². The number of amides is 1. The molecule has 0 unspecified atom stereocenters. The van der Waals surface area contributed by atoms with Crippen molar-refractivity contribution in [3.63, 3.8) is 0 Å². The Morgan fingerprint density at radius 2 is 1.68 bits per heavy atom. The molecular formula is C19H25NOSi. The van der Waals surface area contributed by atoms with Gasteiger partial charge in [0.2, 0.25) is 0 Å². The molecule has 1 amide bonds. The van der Waals surface area contributed by atoms with E-state index >= 15 is 0 Å². The van der Waals surface area contributed by atoms with Gasteiger partial charge in [-0.2, -0.15) is 0 Å². The third kappa shape index (κ3) is 4.31. The number of carbonyl (C=O) groups excluding carboxylic acids is 1. The second-order valence-electron chi connectivity index (χ2n) is 6.88. The lowest BCUT2D eigenvalue weighted by Crippen LogP contribution is -2.23. The zero-order valence-electron chi connectivity index (χ0n) is 13.9. The molecule has 0 atom stereocenters. The Bertz CT molecular complexity index is 644. The van der Waals surface area contributed by atoms with Gasteiger partial charge in [0, 0.05) is 20.7 Å². The van der Waals surface area contributed by atoms with Crippen molar-refractivity contribution in [2.24, 2.45) is 0 Å². The van der Waals surface area contributed by atoms with Crippen LogP contribution >= 0.6 is 0 Å². The molecule has 2 nitrogen and oxygen atoms in total. The summed E-state index contributed by atoms with van der Waals surface area (Å²) < 4.78 is 0. The first-order valence-electron chi connectivity index (χ1n) is 7.81. The molecule has 0 spiro atoms. The minimum atomic E-state index is -1.12. The summed E-state index contributed by atoms with van der Waals surface area (Å²) in [5.74, 6) is 0.00311. The van der Waals surface area contributed by atoms with E-state index in [9.17, 15) is 4.79 Å². The van der Waals surface area contributed by atoms with Gasteiger partial charge in [0.15, 0.2) is 0 Å². The molecule has 0 aliphatic rings. The van der Waals surface area contributed by atoms with E-state index in [1.807, 2.05) is 24.3 Å². The molecule has 0 aliphatic carbocycles. The van der Waals surface area contributed by atoms with Crippen molar-refractivity contribution < 1.29 is 4.79 Å². The standard InChI is InChI=1S/C19H25NOSi/c1-20-19(21)18-14-17(15-8-6-5-7-9-15)11-10-16(18)12-13-22(2,3)4/h5-11,14H,12-13H2,1-4H3,(H,20,21). The number of benzene rings is 2. The van der Waals surface area contributed by atoms with E-state index in [0.717, 1.165) is 28.7 Å². The summed E-state index contributed by atoms with van der Waals surface area (Å²) in [7, 11) is 0.577. The van der Waals surface area contributed by atoms with E-state index in [4.69, 9.17) is 0 Å². The van der Waals surface area contributed by atoms with Crippen LogP contribution in [0.3, 0.4) is 0 Å². The quantitative estimate of drug-likeness (QED) is 0.804. The zero-order valence-corrected chi connectivity index (χ0v) is 14.9. The van der Waals surface area contributed by atoms with Crippen molar-refractivity contribution in [3.05, 3.63) is 59.7 Å². The van der Waals surface area contributed by atoms with Gasteiger partial charge in [-0.05, 0) is 29.2 Å². The molecule has 0 saturated carbocycles. The first-order valence-corrected chi connectivity index (χ1v) is 11.5. The van der Waals surface area contributed by atoms with E-state index in [1.165, 1.54) is 6.04 Å². The number of aryl methyl sites for hydroxylation is 1. The average Bonchev–Trinajstić information content (AvgIpc) is 2.52. The normalized spacial score (nSPS) is 11.3. The summed E-state index contributed by atoms with van der Waals surface area (Å²) in [5.41, 5.74) is 4.20. The highest BCUT2D eigenvalue weighted by molar-refractivity contribution is 6.76. The fraction of sp³-hybridized carbons (Fsp3) is 0.316. The van der Waals surface area contributed by atoms with Gasteiger partial charge in [-0.15, -0.1) is 0 Å². The van der Waals surface area contributed by atoms with E-state index < -0.39 is 8.07 Å². The summed E-state index contributed by atoms with van der Waals surface area (Å²) in [6.45, 7) is 7.10. The average molecular weight is 312 g/mol. The molecule has 0 saturated heterocycles. The summed E-state index contributed by atoms with van der Waals surface area (Å²) in [6, 6.07) is 17.7. The van der Waals surface area contributed by atoms with Gasteiger partial charge in [-0.1, -0.05) is 68.1 Å². The molecule has 0 aromatic heterocycles. The van der Waals surface area contributed by atoms with Crippen molar-refractivity contribution in [2.45, 2.75) is 32.1 Å². The van der Waals surface area contributed by atoms with Crippen LogP contribution in [-0.2, 0) is 6.42 Å². The van der Waals surface area contributed by atoms with Crippen LogP contribution in [0.25, 0.3) is 11.1 Å². The van der Waals surface area contributed by atoms with Gasteiger partial charge in [-0.3, -0.25) is 4.79 Å². The lowest BCUT2D eigenvalue weighted by Gasteiger charge is -2.17. The van der Waals surface area contributed by atoms with Crippen molar-refractivity contribution >= 4 is 14.0 Å². The smallest absolute Gasteiger partial charge is 0.251 e. The summed E-state index contributed by atoms with van der Waals surface area (Å²) >= 11 is 0. The minimum Gasteiger partial charge on any atom is -0.355 e. The molecule has 22 heavy (non-hydrogen) atoms. The largest absolute Gasteiger partial charge is 0.355 e. The number of hydrogen-bond donors (Lipinski definition) is 1. The Kier molecular flexibility index (Phi) is 5.19. The molecule has 0 aliphatic heterocycles. The molecule has 2 rings (SSSR count). The van der Waals surface area contributed by atoms with Crippen LogP contribution in [0.5, 0.6) is 0 Å². The maximum absolute atomic E-state index is 12.2. The third-order valence-electron chi connectivity index (χ3n) is 3.83. The molecule has 0 heterocycles. The van der Waals surface area contributed by atoms with E-state index in [1.54, 1.807) is 7.05 Å². The molecule has 0 fully saturated rings. The predicted octanol–water partition coefficient (Wildman–Crippen LogP) is 4.59. The molecule has 0 bridgehead atoms. The minimum absolute atomic E-state index is 0.00311. The Morgan fingerprint density at radius 3 is 2.27 bits per heavy atom. The Labute approximate surface area is 134 Å². The summed E-state index contributed by atoms with van der Waals surface area (Å²) in [4.78, 5) is 12.2. The summed E-state index contributed by atoms with van der Waals surface area (Å²) in [6.07, 6.45) is 0.980. The second kappa shape index (κ2) is 6.92. The first-order chi connectivity index (χ1) is 10.4. The SMILES string of the molecule is CNC(=O)c1cc(-c2ccccc2)ccc1CC[Si](C)(C)C. The molecule has 2 aromatic rings. The van der Waals surface area contributed by atoms with Crippen molar-refractivity contribution in [3.8, 4) is 11.1 Å². The maximum atomic E-state index is 12.2. The first kappa shape index (κ1) is 16.5. The predicted molar refractivity (Wildman–Crippen MR) is 97.1 cm³/mol. The Balaban J connectivity index is 2.37. The van der Waals surface area contributed by atoms with E-state index in [0.29, 0.717) is 0 Å². The van der Waals surface area contributed by atoms with Crippen molar-refractivity contribution in [2.75, 3.05) is 7.05 Å². The number of nitrogens with one attached hydrogen (secondary N) is 1. The van der Waals surface area contributed by atoms with Crippen molar-refractivity contribution in [1.82, 2.24) is 5.32 Å². The van der Waals surface area contributed by atoms with Crippen LogP contribution in [0.2, 0.25) is 25.7 Å². The van der Waals surface area contributed by atoms with Gasteiger partial charge in [0.1, 0.15) is 0 Å². The van der Waals surface area contributed by atoms with E-state index in [2.05, 4.69) is 49.2 Å². The van der Waals surface area contributed by atoms with Gasteiger partial charge in [0.25, 0.3) is 5.91 Å². The van der Waals surface area contributed by atoms with Gasteiger partial charge >= 0.3 is 0 Å². The third-order valence-corrected chi connectivity index (χ3v) is 5.58. The lowest BCUT2D eigenvalue weighted by molar-refractivity contribution is 0.0962. The van der Waals surface area contributed by atoms with Crippen LogP contribution in [0.15, 0.2) is 48.5 Å². The number of carbonyl (C=O) groups is 1. The number of hydrogen-bond acceptors (Lipinski definition) is 1. The van der Waals surface area contributed by atoms with Crippen LogP contribution in [0, 0.1) is 0 Å². The zero-order chi connectivity index (χ0) is 16.2. The Hall–Kier alpha value is -1.87. The highest BCUT2D eigenvalue weighted by atomic mass is 28.3. The van der Waals surface area contributed by atoms with E-state index in [-0.39, 0.29) is 5.91 Å². The monoisotopic (exact) mass is 311 g/mol. The van der Waals surface area contributed by atoms with Crippen LogP contribution in [-0.4, -0.2) is 21.0 Å². The highest BCUT2D eigenvalue weighted by Gasteiger charge is 2.16. The fourth-order valence-electron chi connectivity index (χ4n) is 2.46. The molecular weight excluding hydrogens is 286 g/mol. The van der Waals surface area contributed by atoms with Crippen LogP contribution in [0.1, 0.15) is 15.9 Å². The molecule has 0 radical (unpaired) electrons. The van der Waals surface area contributed by atoms with Gasteiger partial charge in [-0.25, -0.2) is 0 Å². The molecule has 2 aromatic carbocycles.